The number of nitro benzene ring substituents is 1. The second-order valence-electron chi connectivity index (χ2n) is 3.29. The van der Waals surface area contributed by atoms with Gasteiger partial charge in [-0.3, -0.25) is 10.1 Å². The fourth-order valence-corrected chi connectivity index (χ4v) is 1.30. The molecule has 0 amide bonds. The molecular weight excluding hydrogens is 201 g/mol. The average Bonchev–Trinajstić information content (AvgIpc) is 2.18. The molecule has 1 rings (SSSR count). The molecule has 5 heteroatoms. The van der Waals surface area contributed by atoms with Crippen molar-refractivity contribution in [2.45, 2.75) is 26.2 Å². The second-order valence-corrected chi connectivity index (χ2v) is 3.29. The first-order chi connectivity index (χ1) is 7.06. The number of unbranched alkanes of at least 4 members (excludes halogenated alkanes) is 1. The van der Waals surface area contributed by atoms with Crippen molar-refractivity contribution < 1.29 is 14.4 Å². The molecule has 0 radical (unpaired) electrons. The van der Waals surface area contributed by atoms with Crippen LogP contribution in [0.15, 0.2) is 12.1 Å². The summed E-state index contributed by atoms with van der Waals surface area (Å²) < 4.78 is 13.2. The monoisotopic (exact) mass is 213 g/mol. The van der Waals surface area contributed by atoms with Gasteiger partial charge in [-0.2, -0.15) is 4.39 Å². The maximum absolute atomic E-state index is 13.2. The highest BCUT2D eigenvalue weighted by atomic mass is 19.1. The maximum Gasteiger partial charge on any atom is 0.308 e. The van der Waals surface area contributed by atoms with E-state index in [4.69, 9.17) is 0 Å². The number of benzene rings is 1. The van der Waals surface area contributed by atoms with Crippen molar-refractivity contribution in [3.05, 3.63) is 33.6 Å². The molecule has 0 aromatic heterocycles. The highest BCUT2D eigenvalue weighted by molar-refractivity contribution is 5.44. The molecule has 0 aliphatic carbocycles. The first kappa shape index (κ1) is 11.4. The highest BCUT2D eigenvalue weighted by Crippen LogP contribution is 2.27. The maximum atomic E-state index is 13.2. The van der Waals surface area contributed by atoms with Crippen molar-refractivity contribution in [2.75, 3.05) is 0 Å². The average molecular weight is 213 g/mol. The van der Waals surface area contributed by atoms with E-state index in [9.17, 15) is 19.6 Å². The Morgan fingerprint density at radius 1 is 1.53 bits per heavy atom. The Labute approximate surface area is 86.5 Å². The Hall–Kier alpha value is -1.65. The van der Waals surface area contributed by atoms with Gasteiger partial charge < -0.3 is 5.11 Å². The summed E-state index contributed by atoms with van der Waals surface area (Å²) >= 11 is 0. The molecule has 0 unspecified atom stereocenters. The van der Waals surface area contributed by atoms with Crippen LogP contribution < -0.4 is 0 Å². The lowest BCUT2D eigenvalue weighted by Crippen LogP contribution is -1.95. The predicted molar refractivity (Wildman–Crippen MR) is 53.3 cm³/mol. The van der Waals surface area contributed by atoms with Gasteiger partial charge in [-0.15, -0.1) is 0 Å². The number of aromatic hydroxyl groups is 1. The van der Waals surface area contributed by atoms with Crippen LogP contribution in [-0.4, -0.2) is 10.0 Å². The van der Waals surface area contributed by atoms with Gasteiger partial charge in [0.15, 0.2) is 0 Å². The summed E-state index contributed by atoms with van der Waals surface area (Å²) in [6, 6.07) is 1.89. The first-order valence-electron chi connectivity index (χ1n) is 4.72. The lowest BCUT2D eigenvalue weighted by atomic mass is 10.1. The van der Waals surface area contributed by atoms with Crippen molar-refractivity contribution in [2.24, 2.45) is 0 Å². The number of halogens is 1. The standard InChI is InChI=1S/C10H12FNO3/c1-2-3-4-7-5-8(11)9(12(14)15)6-10(7)13/h5-6,13H,2-4H2,1H3. The number of nitrogens with zero attached hydrogens (tertiary/aromatic N) is 1. The molecule has 4 nitrogen and oxygen atoms in total. The Morgan fingerprint density at radius 2 is 2.20 bits per heavy atom. The third-order valence-electron chi connectivity index (χ3n) is 2.14. The molecule has 0 heterocycles. The third kappa shape index (κ3) is 2.65. The van der Waals surface area contributed by atoms with Crippen molar-refractivity contribution >= 4 is 5.69 Å². The van der Waals surface area contributed by atoms with Gasteiger partial charge in [-0.05, 0) is 24.5 Å². The summed E-state index contributed by atoms with van der Waals surface area (Å²) in [5.41, 5.74) is -0.271. The largest absolute Gasteiger partial charge is 0.507 e. The molecule has 15 heavy (non-hydrogen) atoms. The molecule has 0 saturated heterocycles. The van der Waals surface area contributed by atoms with E-state index in [0.29, 0.717) is 12.0 Å². The van der Waals surface area contributed by atoms with Crippen LogP contribution >= 0.6 is 0 Å². The number of hydrogen-bond donors (Lipinski definition) is 1. The van der Waals surface area contributed by atoms with Gasteiger partial charge in [0, 0.05) is 0 Å². The zero-order chi connectivity index (χ0) is 11.4. The Bertz CT molecular complexity index is 379. The van der Waals surface area contributed by atoms with E-state index in [2.05, 4.69) is 0 Å². The Morgan fingerprint density at radius 3 is 2.73 bits per heavy atom. The van der Waals surface area contributed by atoms with Gasteiger partial charge in [0.1, 0.15) is 5.75 Å². The van der Waals surface area contributed by atoms with Crippen molar-refractivity contribution in [1.82, 2.24) is 0 Å². The smallest absolute Gasteiger partial charge is 0.308 e. The zero-order valence-electron chi connectivity index (χ0n) is 8.36. The number of hydrogen-bond acceptors (Lipinski definition) is 3. The van der Waals surface area contributed by atoms with E-state index in [1.807, 2.05) is 6.92 Å². The fourth-order valence-electron chi connectivity index (χ4n) is 1.30. The van der Waals surface area contributed by atoms with Crippen LogP contribution in [0.25, 0.3) is 0 Å². The molecule has 1 aromatic rings. The van der Waals surface area contributed by atoms with E-state index in [1.165, 1.54) is 0 Å². The van der Waals surface area contributed by atoms with E-state index in [0.717, 1.165) is 25.0 Å². The lowest BCUT2D eigenvalue weighted by Gasteiger charge is -2.03. The predicted octanol–water partition coefficient (Wildman–Crippen LogP) is 2.78. The number of nitro groups is 1. The van der Waals surface area contributed by atoms with Crippen LogP contribution in [0.3, 0.4) is 0 Å². The van der Waals surface area contributed by atoms with Crippen molar-refractivity contribution in [1.29, 1.82) is 0 Å². The molecule has 0 fully saturated rings. The number of aryl methyl sites for hydroxylation is 1. The van der Waals surface area contributed by atoms with Crippen LogP contribution in [0.5, 0.6) is 5.75 Å². The third-order valence-corrected chi connectivity index (χ3v) is 2.14. The second kappa shape index (κ2) is 4.72. The first-order valence-corrected chi connectivity index (χ1v) is 4.72. The summed E-state index contributed by atoms with van der Waals surface area (Å²) in [5, 5.41) is 19.8. The topological polar surface area (TPSA) is 63.4 Å². The SMILES string of the molecule is CCCCc1cc(F)c([N+](=O)[O-])cc1O. The summed E-state index contributed by atoms with van der Waals surface area (Å²) in [6.07, 6.45) is 2.25. The normalized spacial score (nSPS) is 10.3. The van der Waals surface area contributed by atoms with Crippen LogP contribution in [0.1, 0.15) is 25.3 Å². The van der Waals surface area contributed by atoms with Crippen molar-refractivity contribution in [3.8, 4) is 5.75 Å². The van der Waals surface area contributed by atoms with Gasteiger partial charge >= 0.3 is 5.69 Å². The molecule has 82 valence electrons. The van der Waals surface area contributed by atoms with Gasteiger partial charge in [0.2, 0.25) is 5.82 Å². The quantitative estimate of drug-likeness (QED) is 0.617. The molecular formula is C10H12FNO3. The molecule has 0 aliphatic rings. The van der Waals surface area contributed by atoms with E-state index in [-0.39, 0.29) is 5.75 Å². The van der Waals surface area contributed by atoms with Gasteiger partial charge in [-0.1, -0.05) is 13.3 Å². The Kier molecular flexibility index (Phi) is 3.60. The van der Waals surface area contributed by atoms with Crippen molar-refractivity contribution in [3.63, 3.8) is 0 Å². The van der Waals surface area contributed by atoms with Crippen LogP contribution in [0.4, 0.5) is 10.1 Å². The summed E-state index contributed by atoms with van der Waals surface area (Å²) in [7, 11) is 0. The fraction of sp³-hybridized carbons (Fsp3) is 0.400. The molecule has 0 bridgehead atoms. The molecule has 1 N–H and O–H groups in total. The summed E-state index contributed by atoms with van der Waals surface area (Å²) in [6.45, 7) is 1.97. The minimum Gasteiger partial charge on any atom is -0.507 e. The van der Waals surface area contributed by atoms with Gasteiger partial charge in [0.25, 0.3) is 0 Å². The van der Waals surface area contributed by atoms with Crippen LogP contribution in [0.2, 0.25) is 0 Å². The summed E-state index contributed by atoms with van der Waals surface area (Å²) in [4.78, 5) is 9.51. The van der Waals surface area contributed by atoms with Crippen LogP contribution in [-0.2, 0) is 6.42 Å². The number of rotatable bonds is 4. The molecule has 0 spiro atoms. The molecule has 1 aromatic carbocycles. The Balaban J connectivity index is 3.02. The zero-order valence-corrected chi connectivity index (χ0v) is 8.36. The van der Waals surface area contributed by atoms with Gasteiger partial charge in [-0.25, -0.2) is 0 Å². The summed E-state index contributed by atoms with van der Waals surface area (Å²) in [5.74, 6) is -1.11. The van der Waals surface area contributed by atoms with E-state index in [1.54, 1.807) is 0 Å². The van der Waals surface area contributed by atoms with Crippen LogP contribution in [0, 0.1) is 15.9 Å². The van der Waals surface area contributed by atoms with E-state index < -0.39 is 16.4 Å². The molecule has 0 aliphatic heterocycles. The van der Waals surface area contributed by atoms with E-state index >= 15 is 0 Å². The van der Waals surface area contributed by atoms with Gasteiger partial charge in [0.05, 0.1) is 11.0 Å². The highest BCUT2D eigenvalue weighted by Gasteiger charge is 2.17. The minimum atomic E-state index is -0.899. The number of phenolic OH excluding ortho intramolecular Hbond substituents is 1. The molecule has 0 saturated carbocycles. The molecule has 0 atom stereocenters. The lowest BCUT2D eigenvalue weighted by molar-refractivity contribution is -0.387. The number of phenols is 1. The minimum absolute atomic E-state index is 0.212.